The summed E-state index contributed by atoms with van der Waals surface area (Å²) in [4.78, 5) is 12.9. The van der Waals surface area contributed by atoms with E-state index in [-0.39, 0.29) is 5.78 Å². The van der Waals surface area contributed by atoms with E-state index in [4.69, 9.17) is 4.74 Å². The zero-order chi connectivity index (χ0) is 10.4. The molecule has 0 radical (unpaired) electrons. The van der Waals surface area contributed by atoms with Crippen molar-refractivity contribution in [1.29, 1.82) is 0 Å². The Morgan fingerprint density at radius 3 is 2.57 bits per heavy atom. The molecule has 14 heavy (non-hydrogen) atoms. The third kappa shape index (κ3) is 4.62. The summed E-state index contributed by atoms with van der Waals surface area (Å²) in [5.41, 5.74) is 0. The second-order valence-electron chi connectivity index (χ2n) is 3.35. The van der Waals surface area contributed by atoms with Gasteiger partial charge in [0.05, 0.1) is 6.61 Å². The molecule has 1 aliphatic heterocycles. The number of ether oxygens (including phenoxy) is 1. The third-order valence-electron chi connectivity index (χ3n) is 2.21. The number of halogens is 2. The van der Waals surface area contributed by atoms with Crippen molar-refractivity contribution in [3.63, 3.8) is 0 Å². The van der Waals surface area contributed by atoms with E-state index in [1.165, 1.54) is 0 Å². The Kier molecular flexibility index (Phi) is 4.97. The average Bonchev–Trinajstić information content (AvgIpc) is 2.15. The van der Waals surface area contributed by atoms with E-state index >= 15 is 0 Å². The molecular formula is C9H15F2NO2. The van der Waals surface area contributed by atoms with Crippen LogP contribution in [0.25, 0.3) is 0 Å². The maximum Gasteiger partial charge on any atom is 0.261 e. The lowest BCUT2D eigenvalue weighted by atomic mass is 10.1. The molecule has 0 aliphatic carbocycles. The number of rotatable bonds is 5. The van der Waals surface area contributed by atoms with Gasteiger partial charge in [-0.25, -0.2) is 8.78 Å². The largest absolute Gasteiger partial charge is 0.374 e. The van der Waals surface area contributed by atoms with Crippen molar-refractivity contribution in [2.24, 2.45) is 0 Å². The van der Waals surface area contributed by atoms with E-state index in [2.05, 4.69) is 4.90 Å². The van der Waals surface area contributed by atoms with Gasteiger partial charge in [-0.15, -0.1) is 0 Å². The molecule has 0 spiro atoms. The van der Waals surface area contributed by atoms with Gasteiger partial charge in [0.25, 0.3) is 6.43 Å². The van der Waals surface area contributed by atoms with Crippen LogP contribution >= 0.6 is 0 Å². The van der Waals surface area contributed by atoms with Crippen LogP contribution in [0.5, 0.6) is 0 Å². The van der Waals surface area contributed by atoms with Gasteiger partial charge < -0.3 is 9.64 Å². The first-order valence-electron chi connectivity index (χ1n) is 4.78. The quantitative estimate of drug-likeness (QED) is 0.628. The van der Waals surface area contributed by atoms with Gasteiger partial charge >= 0.3 is 0 Å². The van der Waals surface area contributed by atoms with Crippen LogP contribution in [0, 0.1) is 0 Å². The Balaban J connectivity index is 1.99. The SMILES string of the molecule is O=C1CCN(CCOCC(F)F)CC1. The Morgan fingerprint density at radius 2 is 2.00 bits per heavy atom. The molecule has 0 saturated carbocycles. The van der Waals surface area contributed by atoms with Crippen LogP contribution in [0.1, 0.15) is 12.8 Å². The van der Waals surface area contributed by atoms with Gasteiger partial charge in [-0.05, 0) is 0 Å². The summed E-state index contributed by atoms with van der Waals surface area (Å²) in [5.74, 6) is 0.287. The molecule has 82 valence electrons. The Morgan fingerprint density at radius 1 is 1.36 bits per heavy atom. The number of carbonyl (C=O) groups excluding carboxylic acids is 1. The fraction of sp³-hybridized carbons (Fsp3) is 0.889. The third-order valence-corrected chi connectivity index (χ3v) is 2.21. The normalized spacial score (nSPS) is 19.2. The lowest BCUT2D eigenvalue weighted by molar-refractivity contribution is -0.121. The van der Waals surface area contributed by atoms with Crippen molar-refractivity contribution in [2.45, 2.75) is 19.3 Å². The molecule has 0 N–H and O–H groups in total. The van der Waals surface area contributed by atoms with Crippen LogP contribution in [-0.2, 0) is 9.53 Å². The van der Waals surface area contributed by atoms with E-state index < -0.39 is 13.0 Å². The molecule has 0 aromatic heterocycles. The van der Waals surface area contributed by atoms with Crippen molar-refractivity contribution in [3.05, 3.63) is 0 Å². The number of piperidine rings is 1. The molecule has 0 atom stereocenters. The molecular weight excluding hydrogens is 192 g/mol. The number of Topliss-reactive ketones (excluding diaryl/α,β-unsaturated/α-hetero) is 1. The zero-order valence-electron chi connectivity index (χ0n) is 8.05. The van der Waals surface area contributed by atoms with E-state index in [9.17, 15) is 13.6 Å². The summed E-state index contributed by atoms with van der Waals surface area (Å²) in [6, 6.07) is 0. The molecule has 0 aromatic carbocycles. The molecule has 1 rings (SSSR count). The minimum atomic E-state index is -2.39. The zero-order valence-corrected chi connectivity index (χ0v) is 8.05. The second-order valence-corrected chi connectivity index (χ2v) is 3.35. The second kappa shape index (κ2) is 6.03. The van der Waals surface area contributed by atoms with Crippen LogP contribution in [-0.4, -0.2) is 50.0 Å². The maximum absolute atomic E-state index is 11.7. The summed E-state index contributed by atoms with van der Waals surface area (Å²) in [5, 5.41) is 0. The number of likely N-dealkylation sites (tertiary alicyclic amines) is 1. The van der Waals surface area contributed by atoms with Gasteiger partial charge in [0.2, 0.25) is 0 Å². The van der Waals surface area contributed by atoms with Gasteiger partial charge in [0.1, 0.15) is 12.4 Å². The predicted octanol–water partition coefficient (Wildman–Crippen LogP) is 0.933. The van der Waals surface area contributed by atoms with Gasteiger partial charge in [-0.3, -0.25) is 4.79 Å². The maximum atomic E-state index is 11.7. The molecule has 0 unspecified atom stereocenters. The molecule has 1 saturated heterocycles. The van der Waals surface area contributed by atoms with Crippen LogP contribution < -0.4 is 0 Å². The van der Waals surface area contributed by atoms with Crippen molar-refractivity contribution >= 4 is 5.78 Å². The van der Waals surface area contributed by atoms with E-state index in [1.54, 1.807) is 0 Å². The predicted molar refractivity (Wildman–Crippen MR) is 47.5 cm³/mol. The molecule has 1 aliphatic rings. The number of hydrogen-bond donors (Lipinski definition) is 0. The minimum Gasteiger partial charge on any atom is -0.374 e. The molecule has 1 heterocycles. The van der Waals surface area contributed by atoms with Crippen LogP contribution in [0.15, 0.2) is 0 Å². The number of carbonyl (C=O) groups is 1. The number of hydrogen-bond acceptors (Lipinski definition) is 3. The standard InChI is InChI=1S/C9H15F2NO2/c10-9(11)7-14-6-5-12-3-1-8(13)2-4-12/h9H,1-7H2. The minimum absolute atomic E-state index is 0.287. The highest BCUT2D eigenvalue weighted by Crippen LogP contribution is 2.04. The highest BCUT2D eigenvalue weighted by Gasteiger charge is 2.15. The first kappa shape index (κ1) is 11.5. The van der Waals surface area contributed by atoms with Gasteiger partial charge in [0.15, 0.2) is 0 Å². The first-order valence-corrected chi connectivity index (χ1v) is 4.78. The number of nitrogens with zero attached hydrogens (tertiary/aromatic N) is 1. The Labute approximate surface area is 82.0 Å². The first-order chi connectivity index (χ1) is 6.68. The van der Waals surface area contributed by atoms with Gasteiger partial charge in [0, 0.05) is 32.5 Å². The van der Waals surface area contributed by atoms with E-state index in [0.717, 1.165) is 13.1 Å². The van der Waals surface area contributed by atoms with E-state index in [0.29, 0.717) is 26.0 Å². The summed E-state index contributed by atoms with van der Waals surface area (Å²) in [6.45, 7) is 1.93. The summed E-state index contributed by atoms with van der Waals surface area (Å²) in [7, 11) is 0. The summed E-state index contributed by atoms with van der Waals surface area (Å²) < 4.78 is 28.1. The summed E-state index contributed by atoms with van der Waals surface area (Å²) in [6.07, 6.45) is -1.23. The Bertz CT molecular complexity index is 178. The Hall–Kier alpha value is -0.550. The highest BCUT2D eigenvalue weighted by molar-refractivity contribution is 5.79. The lowest BCUT2D eigenvalue weighted by Crippen LogP contribution is -2.36. The highest BCUT2D eigenvalue weighted by atomic mass is 19.3. The number of ketones is 1. The lowest BCUT2D eigenvalue weighted by Gasteiger charge is -2.25. The van der Waals surface area contributed by atoms with Crippen LogP contribution in [0.4, 0.5) is 8.78 Å². The van der Waals surface area contributed by atoms with Crippen molar-refractivity contribution < 1.29 is 18.3 Å². The van der Waals surface area contributed by atoms with Crippen LogP contribution in [0.3, 0.4) is 0 Å². The summed E-state index contributed by atoms with van der Waals surface area (Å²) >= 11 is 0. The molecule has 5 heteroatoms. The van der Waals surface area contributed by atoms with Crippen molar-refractivity contribution in [2.75, 3.05) is 32.8 Å². The molecule has 0 aromatic rings. The van der Waals surface area contributed by atoms with Crippen molar-refractivity contribution in [1.82, 2.24) is 4.90 Å². The molecule has 1 fully saturated rings. The van der Waals surface area contributed by atoms with Crippen molar-refractivity contribution in [3.8, 4) is 0 Å². The van der Waals surface area contributed by atoms with Gasteiger partial charge in [-0.2, -0.15) is 0 Å². The topological polar surface area (TPSA) is 29.5 Å². The molecule has 0 bridgehead atoms. The fourth-order valence-corrected chi connectivity index (χ4v) is 1.39. The number of alkyl halides is 2. The fourth-order valence-electron chi connectivity index (χ4n) is 1.39. The average molecular weight is 207 g/mol. The monoisotopic (exact) mass is 207 g/mol. The molecule has 3 nitrogen and oxygen atoms in total. The molecule has 0 amide bonds. The van der Waals surface area contributed by atoms with Crippen LogP contribution in [0.2, 0.25) is 0 Å². The van der Waals surface area contributed by atoms with Gasteiger partial charge in [-0.1, -0.05) is 0 Å². The smallest absolute Gasteiger partial charge is 0.261 e. The van der Waals surface area contributed by atoms with E-state index in [1.807, 2.05) is 0 Å².